The molecule has 5 unspecified atom stereocenters. The van der Waals surface area contributed by atoms with Crippen molar-refractivity contribution in [2.45, 2.75) is 19.4 Å². The highest BCUT2D eigenvalue weighted by Crippen LogP contribution is 2.52. The van der Waals surface area contributed by atoms with Gasteiger partial charge in [-0.15, -0.1) is 0 Å². The highest BCUT2D eigenvalue weighted by molar-refractivity contribution is 6.06. The molecule has 2 aliphatic carbocycles. The van der Waals surface area contributed by atoms with Gasteiger partial charge >= 0.3 is 5.97 Å². The predicted molar refractivity (Wildman–Crippen MR) is 88.5 cm³/mol. The zero-order chi connectivity index (χ0) is 17.3. The van der Waals surface area contributed by atoms with Crippen LogP contribution in [0.3, 0.4) is 0 Å². The Bertz CT molecular complexity index is 630. The fourth-order valence-electron chi connectivity index (χ4n) is 3.95. The number of esters is 1. The standard InChI is InChI=1S/C19H21NO4/c1-3-4-5-6-7-15(21)24-12(2)11-20-18(22)16-13-8-9-14(10-13)17(16)19(20)23/h3-9,12-14,16-17H,1,10-11H2,2H3/b5-4-,7-6+. The van der Waals surface area contributed by atoms with E-state index >= 15 is 0 Å². The molecule has 2 fully saturated rings. The van der Waals surface area contributed by atoms with Gasteiger partial charge in [-0.2, -0.15) is 0 Å². The van der Waals surface area contributed by atoms with E-state index in [1.165, 1.54) is 11.0 Å². The Hall–Kier alpha value is -2.43. The molecule has 1 heterocycles. The molecule has 1 saturated carbocycles. The molecule has 3 aliphatic rings. The molecule has 0 radical (unpaired) electrons. The molecule has 5 atom stereocenters. The summed E-state index contributed by atoms with van der Waals surface area (Å²) in [5, 5.41) is 0. The van der Waals surface area contributed by atoms with Gasteiger partial charge < -0.3 is 4.74 Å². The number of amides is 2. The van der Waals surface area contributed by atoms with Gasteiger partial charge in [-0.05, 0) is 25.2 Å². The molecule has 0 aromatic heterocycles. The number of nitrogens with zero attached hydrogens (tertiary/aromatic N) is 1. The number of carbonyl (C=O) groups is 3. The van der Waals surface area contributed by atoms with Crippen molar-refractivity contribution < 1.29 is 19.1 Å². The summed E-state index contributed by atoms with van der Waals surface area (Å²) in [6, 6.07) is 0. The third kappa shape index (κ3) is 2.86. The van der Waals surface area contributed by atoms with E-state index in [-0.39, 0.29) is 42.0 Å². The average Bonchev–Trinajstić information content (AvgIpc) is 3.21. The molecule has 24 heavy (non-hydrogen) atoms. The predicted octanol–water partition coefficient (Wildman–Crippen LogP) is 2.02. The minimum atomic E-state index is -0.539. The van der Waals surface area contributed by atoms with Crippen LogP contribution in [-0.4, -0.2) is 35.3 Å². The number of rotatable bonds is 6. The summed E-state index contributed by atoms with van der Waals surface area (Å²) in [7, 11) is 0. The van der Waals surface area contributed by atoms with E-state index < -0.39 is 12.1 Å². The Kier molecular flexibility index (Phi) is 4.51. The van der Waals surface area contributed by atoms with Crippen LogP contribution in [0.25, 0.3) is 0 Å². The summed E-state index contributed by atoms with van der Waals surface area (Å²) < 4.78 is 5.23. The molecule has 1 saturated heterocycles. The summed E-state index contributed by atoms with van der Waals surface area (Å²) >= 11 is 0. The second kappa shape index (κ2) is 6.59. The Balaban J connectivity index is 1.56. The van der Waals surface area contributed by atoms with Crippen molar-refractivity contribution in [1.29, 1.82) is 0 Å². The maximum atomic E-state index is 12.6. The van der Waals surface area contributed by atoms with Gasteiger partial charge in [0.1, 0.15) is 6.10 Å². The summed E-state index contributed by atoms with van der Waals surface area (Å²) in [5.74, 6) is -0.767. The topological polar surface area (TPSA) is 63.7 Å². The van der Waals surface area contributed by atoms with E-state index in [2.05, 4.69) is 18.7 Å². The molecule has 126 valence electrons. The minimum absolute atomic E-state index is 0.116. The third-order valence-corrected chi connectivity index (χ3v) is 4.91. The van der Waals surface area contributed by atoms with Crippen molar-refractivity contribution in [3.63, 3.8) is 0 Å². The van der Waals surface area contributed by atoms with Crippen molar-refractivity contribution in [3.05, 3.63) is 49.1 Å². The molecular weight excluding hydrogens is 306 g/mol. The highest BCUT2D eigenvalue weighted by Gasteiger charge is 2.59. The number of allylic oxidation sites excluding steroid dienone is 6. The monoisotopic (exact) mass is 327 g/mol. The lowest BCUT2D eigenvalue weighted by atomic mass is 9.85. The first-order chi connectivity index (χ1) is 11.5. The first-order valence-corrected chi connectivity index (χ1v) is 8.23. The van der Waals surface area contributed by atoms with Crippen LogP contribution in [0.5, 0.6) is 0 Å². The quantitative estimate of drug-likeness (QED) is 0.246. The number of hydrogen-bond acceptors (Lipinski definition) is 4. The zero-order valence-electron chi connectivity index (χ0n) is 13.6. The molecular formula is C19H21NO4. The molecule has 0 spiro atoms. The fourth-order valence-corrected chi connectivity index (χ4v) is 3.95. The lowest BCUT2D eigenvalue weighted by Crippen LogP contribution is -2.39. The van der Waals surface area contributed by atoms with Crippen LogP contribution >= 0.6 is 0 Å². The molecule has 2 bridgehead atoms. The van der Waals surface area contributed by atoms with Gasteiger partial charge in [0, 0.05) is 6.08 Å². The average molecular weight is 327 g/mol. The van der Waals surface area contributed by atoms with Gasteiger partial charge in [-0.3, -0.25) is 14.5 Å². The van der Waals surface area contributed by atoms with Crippen LogP contribution < -0.4 is 0 Å². The van der Waals surface area contributed by atoms with Gasteiger partial charge in [0.25, 0.3) is 0 Å². The van der Waals surface area contributed by atoms with Crippen LogP contribution in [0.1, 0.15) is 13.3 Å². The Morgan fingerprint density at radius 3 is 2.46 bits per heavy atom. The van der Waals surface area contributed by atoms with Crippen molar-refractivity contribution in [1.82, 2.24) is 4.90 Å². The number of ether oxygens (including phenoxy) is 1. The summed E-state index contributed by atoms with van der Waals surface area (Å²) in [4.78, 5) is 38.1. The van der Waals surface area contributed by atoms with Gasteiger partial charge in [-0.1, -0.05) is 43.0 Å². The first kappa shape index (κ1) is 16.4. The number of hydrogen-bond donors (Lipinski definition) is 0. The lowest BCUT2D eigenvalue weighted by molar-refractivity contribution is -0.150. The van der Waals surface area contributed by atoms with E-state index in [0.29, 0.717) is 0 Å². The van der Waals surface area contributed by atoms with Gasteiger partial charge in [0.05, 0.1) is 18.4 Å². The smallest absolute Gasteiger partial charge is 0.331 e. The van der Waals surface area contributed by atoms with Crippen LogP contribution in [0.15, 0.2) is 49.1 Å². The Labute approximate surface area is 141 Å². The van der Waals surface area contributed by atoms with Crippen LogP contribution in [0, 0.1) is 23.7 Å². The second-order valence-corrected chi connectivity index (χ2v) is 6.51. The van der Waals surface area contributed by atoms with Gasteiger partial charge in [-0.25, -0.2) is 4.79 Å². The SMILES string of the molecule is C=C/C=C\C=C\C(=O)OC(C)CN1C(=O)C2C3C=CC(C3)C2C1=O. The van der Waals surface area contributed by atoms with E-state index in [9.17, 15) is 14.4 Å². The molecule has 3 rings (SSSR count). The number of likely N-dealkylation sites (tertiary alicyclic amines) is 1. The normalized spacial score (nSPS) is 32.1. The maximum Gasteiger partial charge on any atom is 0.331 e. The van der Waals surface area contributed by atoms with Crippen molar-refractivity contribution in [3.8, 4) is 0 Å². The van der Waals surface area contributed by atoms with E-state index in [4.69, 9.17) is 4.74 Å². The Morgan fingerprint density at radius 1 is 1.25 bits per heavy atom. The molecule has 2 amide bonds. The van der Waals surface area contributed by atoms with Gasteiger partial charge in [0.15, 0.2) is 0 Å². The van der Waals surface area contributed by atoms with Crippen LogP contribution in [0.2, 0.25) is 0 Å². The number of imide groups is 1. The molecule has 0 N–H and O–H groups in total. The molecule has 0 aromatic carbocycles. The van der Waals surface area contributed by atoms with E-state index in [1.807, 2.05) is 0 Å². The molecule has 1 aliphatic heterocycles. The minimum Gasteiger partial charge on any atom is -0.458 e. The second-order valence-electron chi connectivity index (χ2n) is 6.51. The van der Waals surface area contributed by atoms with Crippen LogP contribution in [-0.2, 0) is 19.1 Å². The number of carbonyl (C=O) groups excluding carboxylic acids is 3. The lowest BCUT2D eigenvalue weighted by Gasteiger charge is -2.21. The third-order valence-electron chi connectivity index (χ3n) is 4.91. The van der Waals surface area contributed by atoms with Crippen molar-refractivity contribution in [2.24, 2.45) is 23.7 Å². The first-order valence-electron chi connectivity index (χ1n) is 8.23. The van der Waals surface area contributed by atoms with Crippen LogP contribution in [0.4, 0.5) is 0 Å². The molecule has 5 nitrogen and oxygen atoms in total. The summed E-state index contributed by atoms with van der Waals surface area (Å²) in [6.07, 6.45) is 12.3. The Morgan fingerprint density at radius 2 is 1.88 bits per heavy atom. The summed E-state index contributed by atoms with van der Waals surface area (Å²) in [6.45, 7) is 5.33. The fraction of sp³-hybridized carbons (Fsp3) is 0.421. The van der Waals surface area contributed by atoms with Crippen molar-refractivity contribution >= 4 is 17.8 Å². The highest BCUT2D eigenvalue weighted by atomic mass is 16.5. The maximum absolute atomic E-state index is 12.6. The molecule has 5 heteroatoms. The van der Waals surface area contributed by atoms with Crippen molar-refractivity contribution in [2.75, 3.05) is 6.54 Å². The zero-order valence-corrected chi connectivity index (χ0v) is 13.6. The summed E-state index contributed by atoms with van der Waals surface area (Å²) in [5.41, 5.74) is 0. The number of fused-ring (bicyclic) bond motifs is 5. The molecule has 0 aromatic rings. The van der Waals surface area contributed by atoms with E-state index in [1.54, 1.807) is 31.2 Å². The van der Waals surface area contributed by atoms with E-state index in [0.717, 1.165) is 6.42 Å². The van der Waals surface area contributed by atoms with Gasteiger partial charge in [0.2, 0.25) is 11.8 Å². The largest absolute Gasteiger partial charge is 0.458 e.